The maximum atomic E-state index is 11.7. The summed E-state index contributed by atoms with van der Waals surface area (Å²) in [5.74, 6) is -1.47. The Morgan fingerprint density at radius 2 is 2.24 bits per heavy atom. The Labute approximate surface area is 103 Å². The Morgan fingerprint density at radius 3 is 2.76 bits per heavy atom. The number of ether oxygens (including phenoxy) is 1. The van der Waals surface area contributed by atoms with Gasteiger partial charge < -0.3 is 9.84 Å². The third-order valence-corrected chi connectivity index (χ3v) is 2.87. The average Bonchev–Trinajstić information content (AvgIpc) is 2.26. The molecule has 1 aliphatic rings. The maximum absolute atomic E-state index is 11.7. The SMILES string of the molecule is CO[C@H]1C(=O)N(c2cccc(Cl)c2)[C@H]1C(=O)O. The van der Waals surface area contributed by atoms with Gasteiger partial charge in [-0.1, -0.05) is 17.7 Å². The third-order valence-electron chi connectivity index (χ3n) is 2.64. The number of amides is 1. The lowest BCUT2D eigenvalue weighted by Crippen LogP contribution is -2.69. The lowest BCUT2D eigenvalue weighted by molar-refractivity contribution is -0.155. The largest absolute Gasteiger partial charge is 0.480 e. The molecule has 17 heavy (non-hydrogen) atoms. The Morgan fingerprint density at radius 1 is 1.53 bits per heavy atom. The highest BCUT2D eigenvalue weighted by atomic mass is 35.5. The maximum Gasteiger partial charge on any atom is 0.330 e. The molecule has 0 radical (unpaired) electrons. The quantitative estimate of drug-likeness (QED) is 0.823. The van der Waals surface area contributed by atoms with Crippen LogP contribution in [0.15, 0.2) is 24.3 Å². The zero-order valence-electron chi connectivity index (χ0n) is 8.96. The minimum Gasteiger partial charge on any atom is -0.480 e. The van der Waals surface area contributed by atoms with Gasteiger partial charge in [-0.25, -0.2) is 4.79 Å². The number of hydrogen-bond acceptors (Lipinski definition) is 3. The standard InChI is InChI=1S/C11H10ClNO4/c1-17-9-8(11(15)16)13(10(9)14)7-4-2-3-6(12)5-7/h2-5,8-9H,1H3,(H,15,16)/t8-,9-/m1/s1. The van der Waals surface area contributed by atoms with Gasteiger partial charge in [0, 0.05) is 17.8 Å². The number of hydrogen-bond donors (Lipinski definition) is 1. The zero-order valence-corrected chi connectivity index (χ0v) is 9.72. The van der Waals surface area contributed by atoms with Gasteiger partial charge in [0.25, 0.3) is 5.91 Å². The lowest BCUT2D eigenvalue weighted by Gasteiger charge is -2.43. The number of carbonyl (C=O) groups excluding carboxylic acids is 1. The number of methoxy groups -OCH3 is 1. The second-order valence-corrected chi connectivity index (χ2v) is 4.06. The van der Waals surface area contributed by atoms with Gasteiger partial charge in [0.15, 0.2) is 12.1 Å². The van der Waals surface area contributed by atoms with E-state index >= 15 is 0 Å². The number of halogens is 1. The van der Waals surface area contributed by atoms with Crippen molar-refractivity contribution in [3.05, 3.63) is 29.3 Å². The fourth-order valence-electron chi connectivity index (χ4n) is 1.85. The third kappa shape index (κ3) is 1.87. The van der Waals surface area contributed by atoms with Crippen LogP contribution in [-0.2, 0) is 14.3 Å². The fraction of sp³-hybridized carbons (Fsp3) is 0.273. The van der Waals surface area contributed by atoms with Gasteiger partial charge in [0.05, 0.1) is 0 Å². The van der Waals surface area contributed by atoms with Crippen molar-refractivity contribution in [1.29, 1.82) is 0 Å². The topological polar surface area (TPSA) is 66.8 Å². The Bertz CT molecular complexity index is 476. The molecular formula is C11H10ClNO4. The van der Waals surface area contributed by atoms with Crippen molar-refractivity contribution in [2.24, 2.45) is 0 Å². The van der Waals surface area contributed by atoms with E-state index in [0.717, 1.165) is 0 Å². The van der Waals surface area contributed by atoms with Gasteiger partial charge in [-0.3, -0.25) is 9.69 Å². The van der Waals surface area contributed by atoms with E-state index < -0.39 is 18.1 Å². The Hall–Kier alpha value is -1.59. The predicted molar refractivity (Wildman–Crippen MR) is 61.2 cm³/mol. The smallest absolute Gasteiger partial charge is 0.330 e. The van der Waals surface area contributed by atoms with Crippen LogP contribution in [0.1, 0.15) is 0 Å². The molecule has 1 fully saturated rings. The van der Waals surface area contributed by atoms with E-state index in [4.69, 9.17) is 21.4 Å². The van der Waals surface area contributed by atoms with Crippen LogP contribution in [0.4, 0.5) is 5.69 Å². The van der Waals surface area contributed by atoms with Gasteiger partial charge in [-0.15, -0.1) is 0 Å². The van der Waals surface area contributed by atoms with Gasteiger partial charge >= 0.3 is 5.97 Å². The van der Waals surface area contributed by atoms with E-state index in [2.05, 4.69) is 0 Å². The number of rotatable bonds is 3. The van der Waals surface area contributed by atoms with Crippen molar-refractivity contribution in [2.75, 3.05) is 12.0 Å². The van der Waals surface area contributed by atoms with Gasteiger partial charge in [0.2, 0.25) is 0 Å². The first-order chi connectivity index (χ1) is 8.06. The predicted octanol–water partition coefficient (Wildman–Crippen LogP) is 1.15. The molecule has 0 saturated carbocycles. The molecule has 1 amide bonds. The molecular weight excluding hydrogens is 246 g/mol. The highest BCUT2D eigenvalue weighted by molar-refractivity contribution is 6.31. The second-order valence-electron chi connectivity index (χ2n) is 3.63. The van der Waals surface area contributed by atoms with E-state index in [9.17, 15) is 9.59 Å². The zero-order chi connectivity index (χ0) is 12.6. The number of anilines is 1. The summed E-state index contributed by atoms with van der Waals surface area (Å²) in [6.07, 6.45) is -0.925. The van der Waals surface area contributed by atoms with Crippen molar-refractivity contribution in [3.63, 3.8) is 0 Å². The molecule has 0 spiro atoms. The number of aliphatic carboxylic acids is 1. The van der Waals surface area contributed by atoms with E-state index in [1.165, 1.54) is 12.0 Å². The lowest BCUT2D eigenvalue weighted by atomic mass is 9.97. The summed E-state index contributed by atoms with van der Waals surface area (Å²) in [4.78, 5) is 23.9. The number of carboxylic acid groups (broad SMARTS) is 1. The van der Waals surface area contributed by atoms with Crippen LogP contribution in [0.2, 0.25) is 5.02 Å². The van der Waals surface area contributed by atoms with Crippen molar-refractivity contribution >= 4 is 29.2 Å². The summed E-state index contributed by atoms with van der Waals surface area (Å²) in [6, 6.07) is 5.49. The molecule has 6 heteroatoms. The van der Waals surface area contributed by atoms with Crippen molar-refractivity contribution in [2.45, 2.75) is 12.1 Å². The normalized spacial score (nSPS) is 23.4. The monoisotopic (exact) mass is 255 g/mol. The molecule has 2 rings (SSSR count). The molecule has 0 aliphatic carbocycles. The van der Waals surface area contributed by atoms with Crippen LogP contribution in [0, 0.1) is 0 Å². The van der Waals surface area contributed by atoms with Gasteiger partial charge in [-0.2, -0.15) is 0 Å². The molecule has 90 valence electrons. The average molecular weight is 256 g/mol. The summed E-state index contributed by atoms with van der Waals surface area (Å²) in [5, 5.41) is 9.49. The van der Waals surface area contributed by atoms with Crippen LogP contribution < -0.4 is 4.90 Å². The van der Waals surface area contributed by atoms with Crippen molar-refractivity contribution in [1.82, 2.24) is 0 Å². The number of carbonyl (C=O) groups is 2. The molecule has 0 unspecified atom stereocenters. The minimum absolute atomic E-state index is 0.373. The Kier molecular flexibility index (Phi) is 3.04. The molecule has 1 aromatic rings. The van der Waals surface area contributed by atoms with Crippen molar-refractivity contribution < 1.29 is 19.4 Å². The number of nitrogens with zero attached hydrogens (tertiary/aromatic N) is 1. The minimum atomic E-state index is -1.10. The number of benzene rings is 1. The molecule has 0 aromatic heterocycles. The molecule has 2 atom stereocenters. The van der Waals surface area contributed by atoms with Crippen LogP contribution >= 0.6 is 11.6 Å². The molecule has 1 aromatic carbocycles. The van der Waals surface area contributed by atoms with Crippen LogP contribution in [0.5, 0.6) is 0 Å². The summed E-state index contributed by atoms with van der Waals surface area (Å²) >= 11 is 5.80. The fourth-order valence-corrected chi connectivity index (χ4v) is 2.03. The molecule has 5 nitrogen and oxygen atoms in total. The van der Waals surface area contributed by atoms with Crippen LogP contribution in [0.3, 0.4) is 0 Å². The number of carboxylic acids is 1. The molecule has 1 N–H and O–H groups in total. The molecule has 0 bridgehead atoms. The first-order valence-electron chi connectivity index (χ1n) is 4.90. The van der Waals surface area contributed by atoms with Gasteiger partial charge in [-0.05, 0) is 18.2 Å². The number of β-lactam (4-membered cyclic amide) rings is 1. The van der Waals surface area contributed by atoms with E-state index in [1.54, 1.807) is 24.3 Å². The van der Waals surface area contributed by atoms with E-state index in [-0.39, 0.29) is 5.91 Å². The highest BCUT2D eigenvalue weighted by Gasteiger charge is 2.53. The molecule has 1 aliphatic heterocycles. The first kappa shape index (κ1) is 11.9. The first-order valence-corrected chi connectivity index (χ1v) is 5.28. The Balaban J connectivity index is 2.32. The van der Waals surface area contributed by atoms with Crippen molar-refractivity contribution in [3.8, 4) is 0 Å². The summed E-state index contributed by atoms with van der Waals surface area (Å²) in [5.41, 5.74) is 0.461. The summed E-state index contributed by atoms with van der Waals surface area (Å²) in [7, 11) is 1.31. The van der Waals surface area contributed by atoms with E-state index in [1.807, 2.05) is 0 Å². The summed E-state index contributed by atoms with van der Waals surface area (Å²) in [6.45, 7) is 0. The molecule has 1 heterocycles. The van der Waals surface area contributed by atoms with Gasteiger partial charge in [0.1, 0.15) is 0 Å². The molecule has 1 saturated heterocycles. The van der Waals surface area contributed by atoms with E-state index in [0.29, 0.717) is 10.7 Å². The van der Waals surface area contributed by atoms with Crippen LogP contribution in [0.25, 0.3) is 0 Å². The van der Waals surface area contributed by atoms with Crippen LogP contribution in [-0.4, -0.2) is 36.2 Å². The summed E-state index contributed by atoms with van der Waals surface area (Å²) < 4.78 is 4.85. The second kappa shape index (κ2) is 4.35. The highest BCUT2D eigenvalue weighted by Crippen LogP contribution is 2.31.